The van der Waals surface area contributed by atoms with Crippen LogP contribution in [-0.4, -0.2) is 22.0 Å². The highest BCUT2D eigenvalue weighted by molar-refractivity contribution is 6.11. The first kappa shape index (κ1) is 21.7. The van der Waals surface area contributed by atoms with Crippen LogP contribution in [0.5, 0.6) is 0 Å². The molecule has 2 aliphatic rings. The second kappa shape index (κ2) is 9.76. The molecule has 1 atom stereocenters. The van der Waals surface area contributed by atoms with Crippen LogP contribution in [-0.2, 0) is 25.3 Å². The molecule has 0 saturated carbocycles. The molecule has 2 aromatic rings. The van der Waals surface area contributed by atoms with Gasteiger partial charge in [0.05, 0.1) is 18.5 Å². The van der Waals surface area contributed by atoms with Gasteiger partial charge in [0.25, 0.3) is 0 Å². The number of aryl methyl sites for hydroxylation is 2. The van der Waals surface area contributed by atoms with E-state index in [1.807, 2.05) is 0 Å². The molecular weight excluding hydrogens is 382 g/mol. The van der Waals surface area contributed by atoms with E-state index >= 15 is 0 Å². The first-order valence-corrected chi connectivity index (χ1v) is 12.0. The second-order valence-corrected chi connectivity index (χ2v) is 9.07. The van der Waals surface area contributed by atoms with E-state index in [2.05, 4.69) is 66.7 Å². The minimum atomic E-state index is 0.637. The van der Waals surface area contributed by atoms with Crippen molar-refractivity contribution in [2.75, 3.05) is 7.11 Å². The van der Waals surface area contributed by atoms with Crippen molar-refractivity contribution >= 4 is 11.8 Å². The number of nitrogens with zero attached hydrogens (tertiary/aromatic N) is 3. The molecule has 31 heavy (non-hydrogen) atoms. The van der Waals surface area contributed by atoms with E-state index < -0.39 is 0 Å². The molecule has 1 aliphatic carbocycles. The van der Waals surface area contributed by atoms with Gasteiger partial charge in [-0.1, -0.05) is 39.0 Å². The summed E-state index contributed by atoms with van der Waals surface area (Å²) in [6.45, 7) is 2.30. The topological polar surface area (TPSA) is 31.4 Å². The van der Waals surface area contributed by atoms with Gasteiger partial charge in [0, 0.05) is 37.8 Å². The third kappa shape index (κ3) is 4.58. The summed E-state index contributed by atoms with van der Waals surface area (Å²) in [6, 6.07) is 6.65. The van der Waals surface area contributed by atoms with Crippen molar-refractivity contribution in [3.8, 4) is 0 Å². The molecule has 4 heteroatoms. The average molecular weight is 420 g/mol. The summed E-state index contributed by atoms with van der Waals surface area (Å²) >= 11 is 0. The zero-order valence-electron chi connectivity index (χ0n) is 19.7. The zero-order chi connectivity index (χ0) is 21.8. The minimum absolute atomic E-state index is 0.637. The molecule has 0 radical (unpaired) electrons. The lowest BCUT2D eigenvalue weighted by atomic mass is 9.87. The van der Waals surface area contributed by atoms with Gasteiger partial charge >= 0.3 is 0 Å². The maximum atomic E-state index is 5.74. The van der Waals surface area contributed by atoms with E-state index in [9.17, 15) is 0 Å². The van der Waals surface area contributed by atoms with Gasteiger partial charge in [-0.3, -0.25) is 0 Å². The van der Waals surface area contributed by atoms with Gasteiger partial charge in [-0.25, -0.2) is 4.99 Å². The highest BCUT2D eigenvalue weighted by Crippen LogP contribution is 2.36. The minimum Gasteiger partial charge on any atom is -0.494 e. The number of hydrogen-bond acceptors (Lipinski definition) is 2. The quantitative estimate of drug-likeness (QED) is 0.524. The first-order valence-electron chi connectivity index (χ1n) is 12.0. The molecule has 0 saturated heterocycles. The number of rotatable bonds is 6. The lowest BCUT2D eigenvalue weighted by Gasteiger charge is -2.18. The number of allylic oxidation sites excluding steroid dienone is 1. The molecule has 166 valence electrons. The number of aliphatic imine (C=N–C) groups is 1. The van der Waals surface area contributed by atoms with Crippen LogP contribution in [0.4, 0.5) is 0 Å². The van der Waals surface area contributed by atoms with Crippen molar-refractivity contribution in [2.24, 2.45) is 19.1 Å². The Kier molecular flexibility index (Phi) is 6.84. The first-order chi connectivity index (χ1) is 15.1. The second-order valence-electron chi connectivity index (χ2n) is 9.07. The SMILES string of the molecule is CCCCC1CCCCCCc2cc1c(/C=C1/N=C(c3cccn3C)C=C1OC)n2C. The number of aromatic nitrogens is 2. The van der Waals surface area contributed by atoms with Gasteiger partial charge < -0.3 is 13.9 Å². The molecule has 4 nitrogen and oxygen atoms in total. The van der Waals surface area contributed by atoms with Gasteiger partial charge in [0.1, 0.15) is 11.5 Å². The van der Waals surface area contributed by atoms with Crippen LogP contribution in [0.15, 0.2) is 46.9 Å². The Morgan fingerprint density at radius 2 is 2.03 bits per heavy atom. The monoisotopic (exact) mass is 419 g/mol. The van der Waals surface area contributed by atoms with Crippen molar-refractivity contribution in [3.63, 3.8) is 0 Å². The molecule has 2 aromatic heterocycles. The number of hydrogen-bond donors (Lipinski definition) is 0. The molecule has 2 bridgehead atoms. The zero-order valence-corrected chi connectivity index (χ0v) is 19.7. The Balaban J connectivity index is 1.77. The van der Waals surface area contributed by atoms with E-state index in [4.69, 9.17) is 9.73 Å². The van der Waals surface area contributed by atoms with E-state index in [1.165, 1.54) is 68.3 Å². The Morgan fingerprint density at radius 1 is 1.19 bits per heavy atom. The lowest BCUT2D eigenvalue weighted by Crippen LogP contribution is -2.03. The Bertz CT molecular complexity index is 1000. The fourth-order valence-corrected chi connectivity index (χ4v) is 5.07. The third-order valence-corrected chi connectivity index (χ3v) is 6.95. The van der Waals surface area contributed by atoms with Crippen molar-refractivity contribution in [1.82, 2.24) is 9.13 Å². The van der Waals surface area contributed by atoms with Crippen LogP contribution < -0.4 is 0 Å². The summed E-state index contributed by atoms with van der Waals surface area (Å²) in [5.74, 6) is 1.48. The van der Waals surface area contributed by atoms with Crippen LogP contribution >= 0.6 is 0 Å². The summed E-state index contributed by atoms with van der Waals surface area (Å²) in [7, 11) is 6.03. The number of methoxy groups -OCH3 is 1. The van der Waals surface area contributed by atoms with Crippen LogP contribution in [0.2, 0.25) is 0 Å². The maximum Gasteiger partial charge on any atom is 0.146 e. The number of unbranched alkanes of at least 4 members (excludes halogenated alkanes) is 1. The van der Waals surface area contributed by atoms with E-state index in [-0.39, 0.29) is 0 Å². The lowest BCUT2D eigenvalue weighted by molar-refractivity contribution is 0.303. The molecule has 0 amide bonds. The fraction of sp³-hybridized carbons (Fsp3) is 0.519. The highest BCUT2D eigenvalue weighted by atomic mass is 16.5. The summed E-state index contributed by atoms with van der Waals surface area (Å²) < 4.78 is 10.3. The Morgan fingerprint density at radius 3 is 2.77 bits per heavy atom. The van der Waals surface area contributed by atoms with Crippen molar-refractivity contribution < 1.29 is 4.74 Å². The van der Waals surface area contributed by atoms with E-state index in [0.29, 0.717) is 5.92 Å². The molecule has 0 fully saturated rings. The van der Waals surface area contributed by atoms with Gasteiger partial charge in [-0.15, -0.1) is 0 Å². The summed E-state index contributed by atoms with van der Waals surface area (Å²) in [4.78, 5) is 4.98. The predicted molar refractivity (Wildman–Crippen MR) is 129 cm³/mol. The van der Waals surface area contributed by atoms with Crippen molar-refractivity contribution in [2.45, 2.75) is 70.6 Å². The molecule has 4 rings (SSSR count). The third-order valence-electron chi connectivity index (χ3n) is 6.95. The summed E-state index contributed by atoms with van der Waals surface area (Å²) in [6.07, 6.45) is 18.0. The maximum absolute atomic E-state index is 5.74. The van der Waals surface area contributed by atoms with Crippen LogP contribution in [0.1, 0.15) is 86.9 Å². The summed E-state index contributed by atoms with van der Waals surface area (Å²) in [5.41, 5.74) is 7.28. The molecule has 1 aliphatic heterocycles. The summed E-state index contributed by atoms with van der Waals surface area (Å²) in [5, 5.41) is 0. The van der Waals surface area contributed by atoms with Crippen LogP contribution in [0, 0.1) is 0 Å². The van der Waals surface area contributed by atoms with Crippen LogP contribution in [0.25, 0.3) is 6.08 Å². The Hall–Kier alpha value is -2.49. The predicted octanol–water partition coefficient (Wildman–Crippen LogP) is 6.52. The van der Waals surface area contributed by atoms with E-state index in [1.54, 1.807) is 7.11 Å². The number of ether oxygens (including phenoxy) is 1. The normalized spacial score (nSPS) is 20.6. The van der Waals surface area contributed by atoms with Gasteiger partial charge in [-0.05, 0) is 61.4 Å². The molecule has 0 N–H and O–H groups in total. The average Bonchev–Trinajstić information content (AvgIpc) is 3.46. The molecule has 0 spiro atoms. The van der Waals surface area contributed by atoms with Gasteiger partial charge in [0.2, 0.25) is 0 Å². The standard InChI is InChI=1S/C27H37N3O/c1-5-6-12-20-13-9-7-8-10-14-21-17-22(20)26(30(21)3)18-24-27(31-4)19-23(28-24)25-15-11-16-29(25)2/h11,15-20H,5-10,12-14H2,1-4H3/b24-18+. The highest BCUT2D eigenvalue weighted by Gasteiger charge is 2.23. The molecular formula is C27H37N3O. The van der Waals surface area contributed by atoms with Crippen LogP contribution in [0.3, 0.4) is 0 Å². The van der Waals surface area contributed by atoms with Crippen molar-refractivity contribution in [3.05, 3.63) is 64.6 Å². The smallest absolute Gasteiger partial charge is 0.146 e. The van der Waals surface area contributed by atoms with Gasteiger partial charge in [0.15, 0.2) is 0 Å². The Labute approximate surface area is 187 Å². The van der Waals surface area contributed by atoms with Gasteiger partial charge in [-0.2, -0.15) is 0 Å². The fourth-order valence-electron chi connectivity index (χ4n) is 5.07. The molecule has 0 aromatic carbocycles. The van der Waals surface area contributed by atoms with Crippen molar-refractivity contribution in [1.29, 1.82) is 0 Å². The molecule has 1 unspecified atom stereocenters. The largest absolute Gasteiger partial charge is 0.494 e. The number of fused-ring (bicyclic) bond motifs is 2. The van der Waals surface area contributed by atoms with E-state index in [0.717, 1.165) is 29.3 Å². The molecule has 3 heterocycles.